The maximum Gasteiger partial charge on any atom is 0.329 e. The van der Waals surface area contributed by atoms with Crippen molar-refractivity contribution in [2.75, 3.05) is 13.7 Å². The number of carbonyl (C=O) groups is 2. The van der Waals surface area contributed by atoms with E-state index < -0.39 is 5.54 Å². The number of benzene rings is 1. The topological polar surface area (TPSA) is 84.6 Å². The Labute approximate surface area is 164 Å². The van der Waals surface area contributed by atoms with Gasteiger partial charge in [-0.25, -0.2) is 19.4 Å². The number of rotatable bonds is 5. The highest BCUT2D eigenvalue weighted by molar-refractivity contribution is 6.06. The number of hydrogen-bond donors (Lipinski definition) is 2. The van der Waals surface area contributed by atoms with Crippen LogP contribution in [0.5, 0.6) is 0 Å². The summed E-state index contributed by atoms with van der Waals surface area (Å²) in [5, 5.41) is 7.12. The van der Waals surface area contributed by atoms with E-state index in [0.29, 0.717) is 6.67 Å². The van der Waals surface area contributed by atoms with Crippen molar-refractivity contribution in [1.82, 2.24) is 25.0 Å². The summed E-state index contributed by atoms with van der Waals surface area (Å²) in [6.07, 6.45) is 7.81. The predicted octanol–water partition coefficient (Wildman–Crippen LogP) is 1.06. The maximum absolute atomic E-state index is 13.0. The summed E-state index contributed by atoms with van der Waals surface area (Å²) < 4.78 is 1.71. The van der Waals surface area contributed by atoms with Crippen molar-refractivity contribution in [2.45, 2.75) is 50.6 Å². The Morgan fingerprint density at radius 3 is 2.54 bits per heavy atom. The first-order valence-electron chi connectivity index (χ1n) is 9.91. The fourth-order valence-corrected chi connectivity index (χ4v) is 4.24. The Balaban J connectivity index is 1.43. The molecule has 4 rings (SSSR count). The Kier molecular flexibility index (Phi) is 4.89. The van der Waals surface area contributed by atoms with Crippen LogP contribution in [0.2, 0.25) is 0 Å². The number of nitrogens with zero attached hydrogens (tertiary/aromatic N) is 4. The number of hydrogen-bond acceptors (Lipinski definition) is 4. The molecule has 1 aromatic carbocycles. The van der Waals surface area contributed by atoms with Gasteiger partial charge in [0.25, 0.3) is 5.91 Å². The monoisotopic (exact) mass is 383 g/mol. The van der Waals surface area contributed by atoms with Crippen molar-refractivity contribution in [3.63, 3.8) is 0 Å². The summed E-state index contributed by atoms with van der Waals surface area (Å²) in [6.45, 7) is 2.47. The number of carbonyl (C=O) groups excluding carboxylic acids is 2. The Morgan fingerprint density at radius 1 is 1.18 bits per heavy atom. The molecule has 0 bridgehead atoms. The highest BCUT2D eigenvalue weighted by Gasteiger charge is 2.52. The van der Waals surface area contributed by atoms with Gasteiger partial charge in [0, 0.05) is 5.56 Å². The summed E-state index contributed by atoms with van der Waals surface area (Å²) in [6, 6.07) is 7.99. The molecule has 2 atom stereocenters. The minimum Gasteiger partial charge on any atom is -0.323 e. The third-order valence-electron chi connectivity index (χ3n) is 6.18. The molecule has 2 aromatic rings. The van der Waals surface area contributed by atoms with Crippen molar-refractivity contribution in [2.24, 2.45) is 0 Å². The normalized spacial score (nSPS) is 21.0. The van der Waals surface area contributed by atoms with E-state index in [4.69, 9.17) is 0 Å². The molecular weight excluding hydrogens is 356 g/mol. The van der Waals surface area contributed by atoms with Crippen LogP contribution >= 0.6 is 0 Å². The molecule has 28 heavy (non-hydrogen) atoms. The number of imide groups is 1. The Bertz CT molecular complexity index is 842. The zero-order valence-corrected chi connectivity index (χ0v) is 16.4. The van der Waals surface area contributed by atoms with Gasteiger partial charge < -0.3 is 10.2 Å². The van der Waals surface area contributed by atoms with Crippen LogP contribution in [-0.4, -0.2) is 50.9 Å². The van der Waals surface area contributed by atoms with Gasteiger partial charge in [0.15, 0.2) is 6.67 Å². The van der Waals surface area contributed by atoms with Gasteiger partial charge in [-0.15, -0.1) is 0 Å². The summed E-state index contributed by atoms with van der Waals surface area (Å²) in [4.78, 5) is 31.9. The lowest BCUT2D eigenvalue weighted by Crippen LogP contribution is -3.10. The molecule has 2 N–H and O–H groups in total. The highest BCUT2D eigenvalue weighted by atomic mass is 16.2. The molecule has 1 saturated carbocycles. The van der Waals surface area contributed by atoms with Crippen molar-refractivity contribution < 1.29 is 14.5 Å². The first-order valence-corrected chi connectivity index (χ1v) is 9.91. The minimum absolute atomic E-state index is 0.0507. The van der Waals surface area contributed by atoms with Crippen LogP contribution < -0.4 is 10.2 Å². The van der Waals surface area contributed by atoms with Crippen molar-refractivity contribution in [3.8, 4) is 5.69 Å². The summed E-state index contributed by atoms with van der Waals surface area (Å²) in [5.74, 6) is -0.0507. The smallest absolute Gasteiger partial charge is 0.323 e. The van der Waals surface area contributed by atoms with E-state index in [0.717, 1.165) is 48.3 Å². The van der Waals surface area contributed by atoms with Crippen LogP contribution in [0.1, 0.15) is 50.6 Å². The maximum atomic E-state index is 13.0. The Morgan fingerprint density at radius 2 is 1.89 bits per heavy atom. The summed E-state index contributed by atoms with van der Waals surface area (Å²) in [5.41, 5.74) is 1.43. The largest absolute Gasteiger partial charge is 0.329 e. The summed E-state index contributed by atoms with van der Waals surface area (Å²) >= 11 is 0. The van der Waals surface area contributed by atoms with Gasteiger partial charge >= 0.3 is 6.03 Å². The molecule has 1 aromatic heterocycles. The van der Waals surface area contributed by atoms with Crippen molar-refractivity contribution in [1.29, 1.82) is 0 Å². The van der Waals surface area contributed by atoms with Gasteiger partial charge in [0.1, 0.15) is 24.2 Å². The third-order valence-corrected chi connectivity index (χ3v) is 6.18. The van der Waals surface area contributed by atoms with Crippen LogP contribution in [0.4, 0.5) is 4.79 Å². The van der Waals surface area contributed by atoms with Crippen LogP contribution in [-0.2, 0) is 4.79 Å². The van der Waals surface area contributed by atoms with Crippen LogP contribution in [0.15, 0.2) is 36.9 Å². The van der Waals surface area contributed by atoms with Gasteiger partial charge in [-0.2, -0.15) is 5.10 Å². The van der Waals surface area contributed by atoms with E-state index in [1.54, 1.807) is 11.0 Å². The van der Waals surface area contributed by atoms with Gasteiger partial charge in [-0.05, 0) is 31.9 Å². The van der Waals surface area contributed by atoms with Gasteiger partial charge in [-0.3, -0.25) is 4.79 Å². The average Bonchev–Trinajstić information content (AvgIpc) is 3.32. The molecule has 1 saturated heterocycles. The van der Waals surface area contributed by atoms with E-state index in [-0.39, 0.29) is 18.0 Å². The van der Waals surface area contributed by atoms with E-state index in [9.17, 15) is 9.59 Å². The molecule has 0 radical (unpaired) electrons. The Hall–Kier alpha value is -2.74. The predicted molar refractivity (Wildman–Crippen MR) is 103 cm³/mol. The van der Waals surface area contributed by atoms with Crippen molar-refractivity contribution >= 4 is 11.9 Å². The van der Waals surface area contributed by atoms with Crippen molar-refractivity contribution in [3.05, 3.63) is 42.5 Å². The van der Waals surface area contributed by atoms with E-state index in [1.165, 1.54) is 11.2 Å². The second kappa shape index (κ2) is 7.35. The first kappa shape index (κ1) is 18.6. The molecule has 148 valence electrons. The van der Waals surface area contributed by atoms with Crippen LogP contribution in [0, 0.1) is 0 Å². The lowest BCUT2D eigenvalue weighted by atomic mass is 9.82. The zero-order chi connectivity index (χ0) is 19.7. The average molecular weight is 383 g/mol. The quantitative estimate of drug-likeness (QED) is 0.756. The molecule has 1 spiro atoms. The second-order valence-corrected chi connectivity index (χ2v) is 7.96. The van der Waals surface area contributed by atoms with E-state index in [2.05, 4.69) is 34.5 Å². The number of urea groups is 1. The number of amides is 3. The zero-order valence-electron chi connectivity index (χ0n) is 16.4. The van der Waals surface area contributed by atoms with E-state index >= 15 is 0 Å². The minimum atomic E-state index is -0.654. The van der Waals surface area contributed by atoms with Gasteiger partial charge in [0.05, 0.1) is 12.7 Å². The van der Waals surface area contributed by atoms with Gasteiger partial charge in [0.2, 0.25) is 0 Å². The molecule has 1 unspecified atom stereocenters. The SMILES string of the molecule is C[C@@H](c1ccc(-n2cncn2)cc1)[NH+](C)CN1C(=O)NC2(CCCCC2)C1=O. The standard InChI is InChI=1S/C20H26N6O2/c1-15(16-6-8-17(9-7-16)26-13-21-12-22-26)24(2)14-25-18(27)20(23-19(25)28)10-4-3-5-11-20/h6-9,12-13,15H,3-5,10-11,14H2,1-2H3,(H,23,28)/p+1/t15-/m0/s1. The second-order valence-electron chi connectivity index (χ2n) is 7.96. The molecule has 2 fully saturated rings. The fraction of sp³-hybridized carbons (Fsp3) is 0.500. The molecule has 2 heterocycles. The van der Waals surface area contributed by atoms with E-state index in [1.807, 2.05) is 19.2 Å². The summed E-state index contributed by atoms with van der Waals surface area (Å²) in [7, 11) is 2.02. The van der Waals surface area contributed by atoms with Crippen LogP contribution in [0.3, 0.4) is 0 Å². The lowest BCUT2D eigenvalue weighted by molar-refractivity contribution is -0.917. The number of aromatic nitrogens is 3. The van der Waals surface area contributed by atoms with Gasteiger partial charge in [-0.1, -0.05) is 31.4 Å². The highest BCUT2D eigenvalue weighted by Crippen LogP contribution is 2.33. The third kappa shape index (κ3) is 3.28. The molecule has 1 aliphatic heterocycles. The lowest BCUT2D eigenvalue weighted by Gasteiger charge is -2.31. The first-order chi connectivity index (χ1) is 13.5. The molecule has 3 amide bonds. The molecule has 8 nitrogen and oxygen atoms in total. The number of nitrogens with one attached hydrogen (secondary N) is 2. The molecule has 2 aliphatic rings. The van der Waals surface area contributed by atoms with Crippen LogP contribution in [0.25, 0.3) is 5.69 Å². The number of quaternary nitrogens is 1. The molecular formula is C20H27N6O2+. The molecule has 8 heteroatoms. The molecule has 1 aliphatic carbocycles. The fourth-order valence-electron chi connectivity index (χ4n) is 4.24.